The number of hydrogen-bond donors (Lipinski definition) is 1. The van der Waals surface area contributed by atoms with Crippen molar-refractivity contribution in [2.45, 2.75) is 13.0 Å². The molecule has 0 aliphatic heterocycles. The van der Waals surface area contributed by atoms with Gasteiger partial charge in [0.2, 0.25) is 0 Å². The van der Waals surface area contributed by atoms with Gasteiger partial charge in [0.15, 0.2) is 0 Å². The molecule has 0 saturated carbocycles. The van der Waals surface area contributed by atoms with Crippen LogP contribution in [0, 0.1) is 11.3 Å². The minimum Gasteiger partial charge on any atom is -0.364 e. The van der Waals surface area contributed by atoms with Crippen molar-refractivity contribution in [3.05, 3.63) is 59.8 Å². The van der Waals surface area contributed by atoms with Crippen molar-refractivity contribution >= 4 is 5.82 Å². The van der Waals surface area contributed by atoms with Crippen LogP contribution in [0.25, 0.3) is 0 Å². The van der Waals surface area contributed by atoms with E-state index in [1.165, 1.54) is 5.56 Å². The molecule has 1 heterocycles. The van der Waals surface area contributed by atoms with Crippen LogP contribution in [0.15, 0.2) is 48.7 Å². The van der Waals surface area contributed by atoms with Crippen LogP contribution in [0.2, 0.25) is 0 Å². The normalized spacial score (nSPS) is 11.5. The third kappa shape index (κ3) is 2.82. The first-order valence-electron chi connectivity index (χ1n) is 5.47. The van der Waals surface area contributed by atoms with Gasteiger partial charge in [0, 0.05) is 12.2 Å². The molecule has 1 atom stereocenters. The average Bonchev–Trinajstić information content (AvgIpc) is 2.40. The fraction of sp³-hybridized carbons (Fsp3) is 0.143. The van der Waals surface area contributed by atoms with E-state index in [-0.39, 0.29) is 6.04 Å². The quantitative estimate of drug-likeness (QED) is 0.869. The molecule has 3 nitrogen and oxygen atoms in total. The van der Waals surface area contributed by atoms with Crippen molar-refractivity contribution in [1.82, 2.24) is 4.98 Å². The van der Waals surface area contributed by atoms with E-state index in [2.05, 4.69) is 35.4 Å². The molecule has 0 fully saturated rings. The molecule has 0 spiro atoms. The van der Waals surface area contributed by atoms with Crippen LogP contribution in [0.3, 0.4) is 0 Å². The van der Waals surface area contributed by atoms with E-state index in [1.54, 1.807) is 18.3 Å². The third-order valence-electron chi connectivity index (χ3n) is 2.55. The SMILES string of the molecule is CC(Nc1cc(C#N)ccn1)c1ccccc1. The maximum absolute atomic E-state index is 8.81. The minimum absolute atomic E-state index is 0.164. The van der Waals surface area contributed by atoms with E-state index in [9.17, 15) is 0 Å². The minimum atomic E-state index is 0.164. The first-order valence-corrected chi connectivity index (χ1v) is 5.47. The number of nitrogens with zero attached hydrogens (tertiary/aromatic N) is 2. The largest absolute Gasteiger partial charge is 0.364 e. The Labute approximate surface area is 101 Å². The van der Waals surface area contributed by atoms with Gasteiger partial charge in [-0.25, -0.2) is 4.98 Å². The van der Waals surface area contributed by atoms with Gasteiger partial charge in [0.1, 0.15) is 5.82 Å². The Morgan fingerprint density at radius 3 is 2.71 bits per heavy atom. The summed E-state index contributed by atoms with van der Waals surface area (Å²) in [6.07, 6.45) is 1.64. The highest BCUT2D eigenvalue weighted by Crippen LogP contribution is 2.17. The number of pyridine rings is 1. The summed E-state index contributed by atoms with van der Waals surface area (Å²) in [7, 11) is 0. The lowest BCUT2D eigenvalue weighted by Crippen LogP contribution is -2.07. The second-order valence-electron chi connectivity index (χ2n) is 3.82. The Bertz CT molecular complexity index is 529. The summed E-state index contributed by atoms with van der Waals surface area (Å²) in [5, 5.41) is 12.1. The topological polar surface area (TPSA) is 48.7 Å². The molecule has 2 rings (SSSR count). The molecule has 1 aromatic carbocycles. The van der Waals surface area contributed by atoms with Crippen LogP contribution in [0.5, 0.6) is 0 Å². The first kappa shape index (κ1) is 11.2. The lowest BCUT2D eigenvalue weighted by molar-refractivity contribution is 0.874. The van der Waals surface area contributed by atoms with E-state index in [0.29, 0.717) is 5.56 Å². The molecule has 0 aliphatic rings. The molecular formula is C14H13N3. The second kappa shape index (κ2) is 5.13. The van der Waals surface area contributed by atoms with Crippen LogP contribution >= 0.6 is 0 Å². The predicted octanol–water partition coefficient (Wildman–Crippen LogP) is 3.13. The van der Waals surface area contributed by atoms with Gasteiger partial charge in [-0.1, -0.05) is 30.3 Å². The number of nitrogens with one attached hydrogen (secondary N) is 1. The van der Waals surface area contributed by atoms with E-state index in [0.717, 1.165) is 5.82 Å². The molecule has 84 valence electrons. The van der Waals surface area contributed by atoms with Gasteiger partial charge < -0.3 is 5.32 Å². The zero-order chi connectivity index (χ0) is 12.1. The first-order chi connectivity index (χ1) is 8.29. The summed E-state index contributed by atoms with van der Waals surface area (Å²) >= 11 is 0. The van der Waals surface area contributed by atoms with Crippen molar-refractivity contribution in [3.63, 3.8) is 0 Å². The smallest absolute Gasteiger partial charge is 0.127 e. The zero-order valence-corrected chi connectivity index (χ0v) is 9.59. The second-order valence-corrected chi connectivity index (χ2v) is 3.82. The molecule has 3 heteroatoms. The van der Waals surface area contributed by atoms with E-state index in [1.807, 2.05) is 18.2 Å². The van der Waals surface area contributed by atoms with Gasteiger partial charge in [-0.15, -0.1) is 0 Å². The van der Waals surface area contributed by atoms with E-state index < -0.39 is 0 Å². The summed E-state index contributed by atoms with van der Waals surface area (Å²) in [4.78, 5) is 4.19. The van der Waals surface area contributed by atoms with Crippen LogP contribution < -0.4 is 5.32 Å². The summed E-state index contributed by atoms with van der Waals surface area (Å²) in [6, 6.07) is 15.8. The zero-order valence-electron chi connectivity index (χ0n) is 9.59. The number of hydrogen-bond acceptors (Lipinski definition) is 3. The summed E-state index contributed by atoms with van der Waals surface area (Å²) < 4.78 is 0. The number of benzene rings is 1. The van der Waals surface area contributed by atoms with Gasteiger partial charge in [0.25, 0.3) is 0 Å². The Hall–Kier alpha value is -2.34. The molecule has 0 bridgehead atoms. The highest BCUT2D eigenvalue weighted by molar-refractivity contribution is 5.44. The lowest BCUT2D eigenvalue weighted by atomic mass is 10.1. The van der Waals surface area contributed by atoms with Crippen molar-refractivity contribution in [3.8, 4) is 6.07 Å². The molecule has 0 amide bonds. The number of rotatable bonds is 3. The monoisotopic (exact) mass is 223 g/mol. The molecule has 0 saturated heterocycles. The summed E-state index contributed by atoms with van der Waals surface area (Å²) in [5.41, 5.74) is 1.81. The Morgan fingerprint density at radius 2 is 2.00 bits per heavy atom. The van der Waals surface area contributed by atoms with Gasteiger partial charge in [-0.2, -0.15) is 5.26 Å². The fourth-order valence-electron chi connectivity index (χ4n) is 1.63. The Kier molecular flexibility index (Phi) is 3.37. The standard InChI is InChI=1S/C14H13N3/c1-11(13-5-3-2-4-6-13)17-14-9-12(10-15)7-8-16-14/h2-9,11H,1H3,(H,16,17). The van der Waals surface area contributed by atoms with E-state index in [4.69, 9.17) is 5.26 Å². The van der Waals surface area contributed by atoms with Crippen molar-refractivity contribution in [2.24, 2.45) is 0 Å². The molecular weight excluding hydrogens is 210 g/mol. The van der Waals surface area contributed by atoms with Crippen LogP contribution in [0.4, 0.5) is 5.82 Å². The average molecular weight is 223 g/mol. The van der Waals surface area contributed by atoms with Gasteiger partial charge in [-0.05, 0) is 24.6 Å². The molecule has 1 aromatic heterocycles. The fourth-order valence-corrected chi connectivity index (χ4v) is 1.63. The Morgan fingerprint density at radius 1 is 1.24 bits per heavy atom. The van der Waals surface area contributed by atoms with Gasteiger partial charge in [0.05, 0.1) is 11.6 Å². The van der Waals surface area contributed by atoms with Crippen LogP contribution in [0.1, 0.15) is 24.1 Å². The van der Waals surface area contributed by atoms with Crippen LogP contribution in [-0.2, 0) is 0 Å². The highest BCUT2D eigenvalue weighted by Gasteiger charge is 2.05. The maximum Gasteiger partial charge on any atom is 0.127 e. The third-order valence-corrected chi connectivity index (χ3v) is 2.55. The van der Waals surface area contributed by atoms with Crippen LogP contribution in [-0.4, -0.2) is 4.98 Å². The summed E-state index contributed by atoms with van der Waals surface area (Å²) in [5.74, 6) is 0.723. The predicted molar refractivity (Wildman–Crippen MR) is 67.4 cm³/mol. The molecule has 0 radical (unpaired) electrons. The maximum atomic E-state index is 8.81. The number of anilines is 1. The molecule has 0 aliphatic carbocycles. The Balaban J connectivity index is 2.13. The van der Waals surface area contributed by atoms with Crippen molar-refractivity contribution in [2.75, 3.05) is 5.32 Å². The number of nitriles is 1. The molecule has 2 aromatic rings. The summed E-state index contributed by atoms with van der Waals surface area (Å²) in [6.45, 7) is 2.07. The van der Waals surface area contributed by atoms with Crippen molar-refractivity contribution in [1.29, 1.82) is 5.26 Å². The molecule has 1 unspecified atom stereocenters. The van der Waals surface area contributed by atoms with Crippen molar-refractivity contribution < 1.29 is 0 Å². The molecule has 1 N–H and O–H groups in total. The molecule has 17 heavy (non-hydrogen) atoms. The van der Waals surface area contributed by atoms with Gasteiger partial charge >= 0.3 is 0 Å². The van der Waals surface area contributed by atoms with Gasteiger partial charge in [-0.3, -0.25) is 0 Å². The number of aromatic nitrogens is 1. The highest BCUT2D eigenvalue weighted by atomic mass is 15.0. The van der Waals surface area contributed by atoms with E-state index >= 15 is 0 Å². The lowest BCUT2D eigenvalue weighted by Gasteiger charge is -2.14.